The van der Waals surface area contributed by atoms with Crippen LogP contribution < -0.4 is 10.6 Å². The van der Waals surface area contributed by atoms with E-state index < -0.39 is 0 Å². The molecule has 2 aliphatic rings. The molecule has 3 rings (SSSR count). The van der Waals surface area contributed by atoms with Gasteiger partial charge in [0.1, 0.15) is 0 Å². The average molecular weight is 329 g/mol. The lowest BCUT2D eigenvalue weighted by Gasteiger charge is -2.31. The molecule has 1 aromatic rings. The first-order valence-corrected chi connectivity index (χ1v) is 9.52. The molecule has 1 saturated carbocycles. The van der Waals surface area contributed by atoms with E-state index in [1.807, 2.05) is 0 Å². The van der Waals surface area contributed by atoms with Crippen LogP contribution in [0.1, 0.15) is 56.1 Å². The Labute approximate surface area is 146 Å². The van der Waals surface area contributed by atoms with Crippen LogP contribution in [0.4, 0.5) is 0 Å². The minimum atomic E-state index is 0.00192. The first kappa shape index (κ1) is 17.4. The largest absolute Gasteiger partial charge is 0.351 e. The Morgan fingerprint density at radius 3 is 2.58 bits per heavy atom. The molecule has 1 aliphatic carbocycles. The molecule has 1 unspecified atom stereocenters. The van der Waals surface area contributed by atoms with Gasteiger partial charge < -0.3 is 10.6 Å². The fourth-order valence-corrected chi connectivity index (χ4v) is 4.02. The van der Waals surface area contributed by atoms with Crippen molar-refractivity contribution in [3.8, 4) is 0 Å². The van der Waals surface area contributed by atoms with Crippen LogP contribution in [0.15, 0.2) is 24.3 Å². The standard InChI is InChI=1S/C20H31N3O/c1-23(18-10-3-2-4-11-18)15-17-9-6-5-8-16(17)14-22-20(24)19-12-7-13-21-19/h5-6,8-9,18-19,21H,2-4,7,10-15H2,1H3,(H,22,24). The summed E-state index contributed by atoms with van der Waals surface area (Å²) in [4.78, 5) is 14.7. The highest BCUT2D eigenvalue weighted by Gasteiger charge is 2.22. The summed E-state index contributed by atoms with van der Waals surface area (Å²) in [5, 5.41) is 6.38. The Kier molecular flexibility index (Phi) is 6.27. The maximum Gasteiger partial charge on any atom is 0.237 e. The van der Waals surface area contributed by atoms with E-state index in [0.717, 1.165) is 25.9 Å². The molecule has 1 heterocycles. The molecule has 0 bridgehead atoms. The highest BCUT2D eigenvalue weighted by atomic mass is 16.2. The van der Waals surface area contributed by atoms with E-state index in [4.69, 9.17) is 0 Å². The Morgan fingerprint density at radius 2 is 1.88 bits per heavy atom. The van der Waals surface area contributed by atoms with Crippen LogP contribution in [0.3, 0.4) is 0 Å². The second kappa shape index (κ2) is 8.63. The van der Waals surface area contributed by atoms with Crippen molar-refractivity contribution in [2.24, 2.45) is 0 Å². The normalized spacial score (nSPS) is 22.0. The van der Waals surface area contributed by atoms with Gasteiger partial charge in [0.25, 0.3) is 0 Å². The van der Waals surface area contributed by atoms with Gasteiger partial charge in [-0.1, -0.05) is 43.5 Å². The molecular weight excluding hydrogens is 298 g/mol. The van der Waals surface area contributed by atoms with Crippen LogP contribution in [0, 0.1) is 0 Å². The first-order valence-electron chi connectivity index (χ1n) is 9.52. The van der Waals surface area contributed by atoms with E-state index in [1.165, 1.54) is 43.2 Å². The Hall–Kier alpha value is -1.39. The average Bonchev–Trinajstić information content (AvgIpc) is 3.16. The molecule has 1 aliphatic heterocycles. The fraction of sp³-hybridized carbons (Fsp3) is 0.650. The number of carbonyl (C=O) groups is 1. The lowest BCUT2D eigenvalue weighted by atomic mass is 9.94. The summed E-state index contributed by atoms with van der Waals surface area (Å²) in [5.74, 6) is 0.142. The second-order valence-corrected chi connectivity index (χ2v) is 7.34. The van der Waals surface area contributed by atoms with E-state index in [2.05, 4.69) is 46.8 Å². The number of hydrogen-bond donors (Lipinski definition) is 2. The molecule has 1 aromatic carbocycles. The number of amides is 1. The molecule has 24 heavy (non-hydrogen) atoms. The van der Waals surface area contributed by atoms with Crippen LogP contribution in [0.5, 0.6) is 0 Å². The summed E-state index contributed by atoms with van der Waals surface area (Å²) in [5.41, 5.74) is 2.58. The van der Waals surface area contributed by atoms with Gasteiger partial charge in [-0.15, -0.1) is 0 Å². The minimum Gasteiger partial charge on any atom is -0.351 e. The maximum absolute atomic E-state index is 12.2. The van der Waals surface area contributed by atoms with Crippen molar-refractivity contribution in [2.45, 2.75) is 70.1 Å². The van der Waals surface area contributed by atoms with Gasteiger partial charge in [-0.2, -0.15) is 0 Å². The van der Waals surface area contributed by atoms with E-state index in [-0.39, 0.29) is 11.9 Å². The molecule has 0 aromatic heterocycles. The van der Waals surface area contributed by atoms with Crippen LogP contribution in [-0.4, -0.2) is 36.5 Å². The Balaban J connectivity index is 1.56. The molecule has 132 valence electrons. The number of rotatable bonds is 6. The maximum atomic E-state index is 12.2. The van der Waals surface area contributed by atoms with Gasteiger partial charge in [0.2, 0.25) is 5.91 Å². The Morgan fingerprint density at radius 1 is 1.12 bits per heavy atom. The summed E-state index contributed by atoms with van der Waals surface area (Å²) in [6.07, 6.45) is 8.81. The van der Waals surface area contributed by atoms with Crippen molar-refractivity contribution in [1.82, 2.24) is 15.5 Å². The highest BCUT2D eigenvalue weighted by Crippen LogP contribution is 2.23. The third kappa shape index (κ3) is 4.58. The monoisotopic (exact) mass is 329 g/mol. The fourth-order valence-electron chi connectivity index (χ4n) is 4.02. The summed E-state index contributed by atoms with van der Waals surface area (Å²) in [7, 11) is 2.24. The lowest BCUT2D eigenvalue weighted by Crippen LogP contribution is -2.40. The van der Waals surface area contributed by atoms with Gasteiger partial charge in [-0.25, -0.2) is 0 Å². The van der Waals surface area contributed by atoms with Crippen molar-refractivity contribution in [3.05, 3.63) is 35.4 Å². The minimum absolute atomic E-state index is 0.00192. The van der Waals surface area contributed by atoms with Gasteiger partial charge in [0.15, 0.2) is 0 Å². The third-order valence-corrected chi connectivity index (χ3v) is 5.57. The van der Waals surface area contributed by atoms with Crippen LogP contribution in [-0.2, 0) is 17.9 Å². The smallest absolute Gasteiger partial charge is 0.237 e. The third-order valence-electron chi connectivity index (χ3n) is 5.57. The molecule has 4 nitrogen and oxygen atoms in total. The van der Waals surface area contributed by atoms with Gasteiger partial charge in [-0.3, -0.25) is 9.69 Å². The summed E-state index contributed by atoms with van der Waals surface area (Å²) < 4.78 is 0. The topological polar surface area (TPSA) is 44.4 Å². The molecule has 1 atom stereocenters. The van der Waals surface area contributed by atoms with Crippen molar-refractivity contribution in [1.29, 1.82) is 0 Å². The highest BCUT2D eigenvalue weighted by molar-refractivity contribution is 5.82. The first-order chi connectivity index (χ1) is 11.7. The predicted octanol–water partition coefficient (Wildman–Crippen LogP) is 2.82. The van der Waals surface area contributed by atoms with Crippen LogP contribution >= 0.6 is 0 Å². The molecule has 1 amide bonds. The van der Waals surface area contributed by atoms with Crippen molar-refractivity contribution >= 4 is 5.91 Å². The van der Waals surface area contributed by atoms with E-state index in [0.29, 0.717) is 12.6 Å². The van der Waals surface area contributed by atoms with E-state index in [9.17, 15) is 4.79 Å². The molecule has 4 heteroatoms. The molecular formula is C20H31N3O. The number of nitrogens with one attached hydrogen (secondary N) is 2. The van der Waals surface area contributed by atoms with Crippen LogP contribution in [0.2, 0.25) is 0 Å². The van der Waals surface area contributed by atoms with Gasteiger partial charge >= 0.3 is 0 Å². The number of benzene rings is 1. The quantitative estimate of drug-likeness (QED) is 0.843. The summed E-state index contributed by atoms with van der Waals surface area (Å²) >= 11 is 0. The predicted molar refractivity (Wildman–Crippen MR) is 97.7 cm³/mol. The van der Waals surface area contributed by atoms with Crippen molar-refractivity contribution < 1.29 is 4.79 Å². The van der Waals surface area contributed by atoms with E-state index >= 15 is 0 Å². The zero-order chi connectivity index (χ0) is 16.8. The zero-order valence-electron chi connectivity index (χ0n) is 14.9. The molecule has 2 N–H and O–H groups in total. The molecule has 0 spiro atoms. The van der Waals surface area contributed by atoms with Crippen molar-refractivity contribution in [3.63, 3.8) is 0 Å². The van der Waals surface area contributed by atoms with Crippen LogP contribution in [0.25, 0.3) is 0 Å². The number of nitrogens with zero attached hydrogens (tertiary/aromatic N) is 1. The number of hydrogen-bond acceptors (Lipinski definition) is 3. The summed E-state index contributed by atoms with van der Waals surface area (Å²) in [6.45, 7) is 2.56. The molecule has 2 fully saturated rings. The Bertz CT molecular complexity index is 533. The van der Waals surface area contributed by atoms with Gasteiger partial charge in [-0.05, 0) is 50.4 Å². The molecule has 1 saturated heterocycles. The van der Waals surface area contributed by atoms with Gasteiger partial charge in [0.05, 0.1) is 6.04 Å². The van der Waals surface area contributed by atoms with Gasteiger partial charge in [0, 0.05) is 19.1 Å². The zero-order valence-corrected chi connectivity index (χ0v) is 14.9. The number of carbonyl (C=O) groups excluding carboxylic acids is 1. The lowest BCUT2D eigenvalue weighted by molar-refractivity contribution is -0.122. The summed E-state index contributed by atoms with van der Waals surface area (Å²) in [6, 6.07) is 9.24. The van der Waals surface area contributed by atoms with E-state index in [1.54, 1.807) is 0 Å². The molecule has 0 radical (unpaired) electrons. The van der Waals surface area contributed by atoms with Crippen molar-refractivity contribution in [2.75, 3.05) is 13.6 Å². The SMILES string of the molecule is CN(Cc1ccccc1CNC(=O)C1CCCN1)C1CCCCC1. The second-order valence-electron chi connectivity index (χ2n) is 7.34.